The number of benzene rings is 6. The van der Waals surface area contributed by atoms with Gasteiger partial charge in [-0.3, -0.25) is 0 Å². The minimum absolute atomic E-state index is 0.628. The highest BCUT2D eigenvalue weighted by Gasteiger charge is 2.19. The van der Waals surface area contributed by atoms with E-state index in [1.807, 2.05) is 42.5 Å². The molecule has 0 saturated heterocycles. The van der Waals surface area contributed by atoms with E-state index < -0.39 is 0 Å². The first-order chi connectivity index (χ1) is 20.3. The Morgan fingerprint density at radius 2 is 1.22 bits per heavy atom. The van der Waals surface area contributed by atoms with Crippen LogP contribution in [0.3, 0.4) is 0 Å². The Labute approximate surface area is 233 Å². The van der Waals surface area contributed by atoms with Crippen LogP contribution in [0.5, 0.6) is 0 Å². The van der Waals surface area contributed by atoms with E-state index in [1.54, 1.807) is 0 Å². The van der Waals surface area contributed by atoms with Gasteiger partial charge in [0.05, 0.1) is 28.4 Å². The molecule has 0 bridgehead atoms. The minimum Gasteiger partial charge on any atom is -0.455 e. The lowest BCUT2D eigenvalue weighted by molar-refractivity contribution is 0.666. The quantitative estimate of drug-likeness (QED) is 0.226. The Bertz CT molecular complexity index is 2550. The smallest absolute Gasteiger partial charge is 0.159 e. The molecule has 0 saturated carbocycles. The molecule has 4 heteroatoms. The summed E-state index contributed by atoms with van der Waals surface area (Å²) in [4.78, 5) is 0. The first kappa shape index (κ1) is 22.1. The van der Waals surface area contributed by atoms with E-state index in [2.05, 4.69) is 89.5 Å². The van der Waals surface area contributed by atoms with Gasteiger partial charge in [-0.15, -0.1) is 0 Å². The molecule has 3 heterocycles. The maximum absolute atomic E-state index is 9.64. The van der Waals surface area contributed by atoms with Crippen molar-refractivity contribution < 1.29 is 8.83 Å². The predicted molar refractivity (Wildman–Crippen MR) is 165 cm³/mol. The van der Waals surface area contributed by atoms with Crippen LogP contribution in [-0.2, 0) is 0 Å². The Kier molecular flexibility index (Phi) is 4.37. The number of furan rings is 2. The van der Waals surface area contributed by atoms with Crippen LogP contribution in [0, 0.1) is 11.3 Å². The molecule has 190 valence electrons. The molecule has 9 aromatic rings. The zero-order chi connectivity index (χ0) is 27.1. The van der Waals surface area contributed by atoms with Gasteiger partial charge in [0.2, 0.25) is 0 Å². The SMILES string of the molecule is N#Cc1ccc2c3ccccc3n(-c3cccc4c3oc3ccc(-c5cccc6c5oc5ccccc56)cc34)c2c1. The van der Waals surface area contributed by atoms with E-state index in [0.29, 0.717) is 5.56 Å². The maximum Gasteiger partial charge on any atom is 0.159 e. The molecule has 0 unspecified atom stereocenters. The van der Waals surface area contributed by atoms with Crippen molar-refractivity contribution in [1.82, 2.24) is 4.57 Å². The molecule has 0 spiro atoms. The molecule has 0 aliphatic heterocycles. The molecule has 0 radical (unpaired) electrons. The van der Waals surface area contributed by atoms with Crippen LogP contribution in [0.2, 0.25) is 0 Å². The van der Waals surface area contributed by atoms with Gasteiger partial charge < -0.3 is 13.4 Å². The molecule has 0 aliphatic rings. The summed E-state index contributed by atoms with van der Waals surface area (Å²) >= 11 is 0. The van der Waals surface area contributed by atoms with Crippen LogP contribution in [0.4, 0.5) is 0 Å². The molecular weight excluding hydrogens is 504 g/mol. The Morgan fingerprint density at radius 1 is 0.512 bits per heavy atom. The molecule has 0 amide bonds. The van der Waals surface area contributed by atoms with Crippen molar-refractivity contribution in [3.8, 4) is 22.9 Å². The molecule has 0 atom stereocenters. The van der Waals surface area contributed by atoms with Gasteiger partial charge in [-0.25, -0.2) is 0 Å². The molecule has 41 heavy (non-hydrogen) atoms. The number of nitrogens with zero attached hydrogens (tertiary/aromatic N) is 2. The Morgan fingerprint density at radius 3 is 2.12 bits per heavy atom. The van der Waals surface area contributed by atoms with Crippen molar-refractivity contribution in [2.75, 3.05) is 0 Å². The third-order valence-electron chi connectivity index (χ3n) is 8.24. The first-order valence-corrected chi connectivity index (χ1v) is 13.6. The van der Waals surface area contributed by atoms with Crippen molar-refractivity contribution in [3.63, 3.8) is 0 Å². The van der Waals surface area contributed by atoms with E-state index in [4.69, 9.17) is 8.83 Å². The summed E-state index contributed by atoms with van der Waals surface area (Å²) in [7, 11) is 0. The molecule has 4 nitrogen and oxygen atoms in total. The van der Waals surface area contributed by atoms with Gasteiger partial charge in [-0.1, -0.05) is 78.9 Å². The number of rotatable bonds is 2. The largest absolute Gasteiger partial charge is 0.455 e. The topological polar surface area (TPSA) is 55.0 Å². The fourth-order valence-corrected chi connectivity index (χ4v) is 6.40. The lowest BCUT2D eigenvalue weighted by Crippen LogP contribution is -1.94. The van der Waals surface area contributed by atoms with Gasteiger partial charge in [-0.2, -0.15) is 5.26 Å². The van der Waals surface area contributed by atoms with Gasteiger partial charge in [-0.05, 0) is 48.0 Å². The Balaban J connectivity index is 1.31. The van der Waals surface area contributed by atoms with Crippen molar-refractivity contribution in [2.24, 2.45) is 0 Å². The first-order valence-electron chi connectivity index (χ1n) is 13.6. The Hall–Kier alpha value is -5.79. The van der Waals surface area contributed by atoms with Crippen LogP contribution in [-0.4, -0.2) is 4.57 Å². The van der Waals surface area contributed by atoms with E-state index in [0.717, 1.165) is 82.5 Å². The third kappa shape index (κ3) is 3.03. The second-order valence-electron chi connectivity index (χ2n) is 10.4. The van der Waals surface area contributed by atoms with Crippen LogP contribution >= 0.6 is 0 Å². The summed E-state index contributed by atoms with van der Waals surface area (Å²) < 4.78 is 15.1. The highest BCUT2D eigenvalue weighted by atomic mass is 16.3. The predicted octanol–water partition coefficient (Wildman–Crippen LogP) is 10.1. The molecule has 0 fully saturated rings. The monoisotopic (exact) mass is 524 g/mol. The maximum atomic E-state index is 9.64. The highest BCUT2D eigenvalue weighted by Crippen LogP contribution is 2.41. The van der Waals surface area contributed by atoms with Crippen LogP contribution in [0.15, 0.2) is 130 Å². The number of aromatic nitrogens is 1. The van der Waals surface area contributed by atoms with E-state index in [1.165, 1.54) is 0 Å². The molecular formula is C37H20N2O2. The van der Waals surface area contributed by atoms with Gasteiger partial charge in [0, 0.05) is 37.9 Å². The minimum atomic E-state index is 0.628. The summed E-state index contributed by atoms with van der Waals surface area (Å²) in [5, 5.41) is 16.2. The summed E-state index contributed by atoms with van der Waals surface area (Å²) in [6.45, 7) is 0. The molecule has 6 aromatic carbocycles. The number of hydrogen-bond donors (Lipinski definition) is 0. The second-order valence-corrected chi connectivity index (χ2v) is 10.4. The van der Waals surface area contributed by atoms with Crippen LogP contribution < -0.4 is 0 Å². The van der Waals surface area contributed by atoms with Gasteiger partial charge in [0.25, 0.3) is 0 Å². The number of nitriles is 1. The summed E-state index contributed by atoms with van der Waals surface area (Å²) in [6.07, 6.45) is 0. The van der Waals surface area contributed by atoms with Crippen molar-refractivity contribution in [1.29, 1.82) is 5.26 Å². The van der Waals surface area contributed by atoms with E-state index in [9.17, 15) is 5.26 Å². The van der Waals surface area contributed by atoms with Crippen molar-refractivity contribution in [3.05, 3.63) is 127 Å². The normalized spacial score (nSPS) is 11.9. The van der Waals surface area contributed by atoms with Gasteiger partial charge in [0.15, 0.2) is 5.58 Å². The zero-order valence-corrected chi connectivity index (χ0v) is 21.8. The second kappa shape index (κ2) is 8.11. The fourth-order valence-electron chi connectivity index (χ4n) is 6.40. The summed E-state index contributed by atoms with van der Waals surface area (Å²) in [6, 6.07) is 43.7. The fraction of sp³-hybridized carbons (Fsp3) is 0. The standard InChI is InChI=1S/C37H20N2O2/c38-21-22-15-17-26-25-7-1-3-12-31(25)39(33(26)19-22)32-13-6-11-29-30-20-23(16-18-35(30)41-37(29)32)24-9-5-10-28-27-8-2-4-14-34(27)40-36(24)28/h1-20H. The van der Waals surface area contributed by atoms with Crippen LogP contribution in [0.25, 0.3) is 82.5 Å². The number of para-hydroxylation sites is 4. The average molecular weight is 525 g/mol. The summed E-state index contributed by atoms with van der Waals surface area (Å²) in [5.41, 5.74) is 9.17. The molecule has 0 N–H and O–H groups in total. The average Bonchev–Trinajstić information content (AvgIpc) is 3.70. The van der Waals surface area contributed by atoms with E-state index >= 15 is 0 Å². The molecule has 0 aliphatic carbocycles. The summed E-state index contributed by atoms with van der Waals surface area (Å²) in [5.74, 6) is 0. The van der Waals surface area contributed by atoms with Gasteiger partial charge >= 0.3 is 0 Å². The molecule has 3 aromatic heterocycles. The number of hydrogen-bond acceptors (Lipinski definition) is 3. The highest BCUT2D eigenvalue weighted by molar-refractivity contribution is 6.14. The van der Waals surface area contributed by atoms with Gasteiger partial charge in [0.1, 0.15) is 16.7 Å². The lowest BCUT2D eigenvalue weighted by Gasteiger charge is -2.08. The molecule has 9 rings (SSSR count). The van der Waals surface area contributed by atoms with Crippen LogP contribution in [0.1, 0.15) is 5.56 Å². The van der Waals surface area contributed by atoms with Crippen molar-refractivity contribution in [2.45, 2.75) is 0 Å². The number of fused-ring (bicyclic) bond motifs is 9. The zero-order valence-electron chi connectivity index (χ0n) is 21.8. The third-order valence-corrected chi connectivity index (χ3v) is 8.24. The van der Waals surface area contributed by atoms with Crippen molar-refractivity contribution >= 4 is 65.7 Å². The lowest BCUT2D eigenvalue weighted by atomic mass is 10.0. The van der Waals surface area contributed by atoms with E-state index in [-0.39, 0.29) is 0 Å².